The van der Waals surface area contributed by atoms with E-state index < -0.39 is 0 Å². The minimum Gasteiger partial charge on any atom is -0.360 e. The summed E-state index contributed by atoms with van der Waals surface area (Å²) in [5, 5.41) is 1.44. The second-order valence-corrected chi connectivity index (χ2v) is 10.4. The average molecular weight is 508 g/mol. The highest BCUT2D eigenvalue weighted by molar-refractivity contribution is 6.33. The predicted octanol–water partition coefficient (Wildman–Crippen LogP) is 6.53. The van der Waals surface area contributed by atoms with Crippen LogP contribution in [0.15, 0.2) is 72.8 Å². The van der Waals surface area contributed by atoms with Crippen molar-refractivity contribution in [3.63, 3.8) is 0 Å². The molecule has 2 atom stereocenters. The molecule has 1 amide bonds. The molecule has 2 aliphatic heterocycles. The van der Waals surface area contributed by atoms with Crippen LogP contribution < -0.4 is 4.90 Å². The van der Waals surface area contributed by atoms with Crippen molar-refractivity contribution in [1.29, 1.82) is 0 Å². The lowest BCUT2D eigenvalue weighted by Crippen LogP contribution is -2.53. The van der Waals surface area contributed by atoms with Gasteiger partial charge in [0, 0.05) is 24.7 Å². The summed E-state index contributed by atoms with van der Waals surface area (Å²) in [5.41, 5.74) is 4.34. The molecule has 4 nitrogen and oxygen atoms in total. The first kappa shape index (κ1) is 24.2. The number of piperazine rings is 1. The zero-order valence-corrected chi connectivity index (χ0v) is 21.6. The van der Waals surface area contributed by atoms with Gasteiger partial charge in [0.05, 0.1) is 16.8 Å². The van der Waals surface area contributed by atoms with Crippen LogP contribution in [0.3, 0.4) is 0 Å². The summed E-state index contributed by atoms with van der Waals surface area (Å²) in [6, 6.07) is 24.1. The van der Waals surface area contributed by atoms with Crippen molar-refractivity contribution < 1.29 is 4.79 Å². The highest BCUT2D eigenvalue weighted by Crippen LogP contribution is 2.37. The molecule has 6 heteroatoms. The number of amides is 1. The maximum atomic E-state index is 14.1. The number of halogens is 2. The van der Waals surface area contributed by atoms with Gasteiger partial charge >= 0.3 is 0 Å². The summed E-state index contributed by atoms with van der Waals surface area (Å²) in [7, 11) is 0. The standard InChI is InChI=1S/C29H31Cl2N3O/c1-21-9-14-26(25(31)19-21)34-18-17-33(20-27(34)22-10-12-24(30)13-11-22)29(35)28(32-15-5-6-16-32)23-7-3-2-4-8-23/h2-4,7-14,19,27-28H,5-6,15-18,20H2,1H3. The van der Waals surface area contributed by atoms with Crippen molar-refractivity contribution >= 4 is 34.8 Å². The Morgan fingerprint density at radius 1 is 0.886 bits per heavy atom. The second-order valence-electron chi connectivity index (χ2n) is 9.56. The van der Waals surface area contributed by atoms with Crippen LogP contribution in [0.5, 0.6) is 0 Å². The van der Waals surface area contributed by atoms with Crippen LogP contribution in [0.2, 0.25) is 10.0 Å². The van der Waals surface area contributed by atoms with Crippen molar-refractivity contribution in [3.05, 3.63) is 99.5 Å². The van der Waals surface area contributed by atoms with E-state index in [1.165, 1.54) is 0 Å². The Bertz CT molecular complexity index is 1160. The molecule has 0 N–H and O–H groups in total. The van der Waals surface area contributed by atoms with Crippen LogP contribution >= 0.6 is 23.2 Å². The zero-order chi connectivity index (χ0) is 24.4. The molecule has 0 aliphatic carbocycles. The Hall–Kier alpha value is -2.53. The van der Waals surface area contributed by atoms with Crippen molar-refractivity contribution in [3.8, 4) is 0 Å². The third kappa shape index (κ3) is 5.20. The van der Waals surface area contributed by atoms with Crippen LogP contribution in [0.4, 0.5) is 5.69 Å². The van der Waals surface area contributed by atoms with E-state index in [2.05, 4.69) is 46.2 Å². The van der Waals surface area contributed by atoms with Crippen LogP contribution in [0.25, 0.3) is 0 Å². The Labute approximate surface area is 218 Å². The molecule has 3 aromatic carbocycles. The van der Waals surface area contributed by atoms with E-state index >= 15 is 0 Å². The van der Waals surface area contributed by atoms with Gasteiger partial charge in [-0.15, -0.1) is 0 Å². The molecule has 3 aromatic rings. The van der Waals surface area contributed by atoms with Crippen molar-refractivity contribution in [1.82, 2.24) is 9.80 Å². The molecule has 0 radical (unpaired) electrons. The average Bonchev–Trinajstić information content (AvgIpc) is 3.40. The van der Waals surface area contributed by atoms with Gasteiger partial charge in [-0.3, -0.25) is 9.69 Å². The summed E-state index contributed by atoms with van der Waals surface area (Å²) < 4.78 is 0. The quantitative estimate of drug-likeness (QED) is 0.392. The molecule has 2 aliphatic rings. The van der Waals surface area contributed by atoms with Crippen molar-refractivity contribution in [2.24, 2.45) is 0 Å². The fraction of sp³-hybridized carbons (Fsp3) is 0.345. The van der Waals surface area contributed by atoms with E-state index in [0.717, 1.165) is 53.3 Å². The Morgan fingerprint density at radius 2 is 1.60 bits per heavy atom. The van der Waals surface area contributed by atoms with Gasteiger partial charge in [-0.2, -0.15) is 0 Å². The maximum Gasteiger partial charge on any atom is 0.244 e. The number of rotatable bonds is 5. The van der Waals surface area contributed by atoms with Crippen LogP contribution in [0.1, 0.15) is 41.6 Å². The predicted molar refractivity (Wildman–Crippen MR) is 144 cm³/mol. The zero-order valence-electron chi connectivity index (χ0n) is 20.0. The van der Waals surface area contributed by atoms with Gasteiger partial charge in [0.1, 0.15) is 6.04 Å². The Kier molecular flexibility index (Phi) is 7.33. The first-order chi connectivity index (χ1) is 17.0. The second kappa shape index (κ2) is 10.6. The first-order valence-corrected chi connectivity index (χ1v) is 13.1. The van der Waals surface area contributed by atoms with Crippen LogP contribution in [0, 0.1) is 6.92 Å². The van der Waals surface area contributed by atoms with Crippen LogP contribution in [-0.4, -0.2) is 48.4 Å². The van der Waals surface area contributed by atoms with E-state index in [1.54, 1.807) is 0 Å². The van der Waals surface area contributed by atoms with E-state index in [1.807, 2.05) is 48.2 Å². The summed E-state index contributed by atoms with van der Waals surface area (Å²) >= 11 is 12.9. The van der Waals surface area contributed by atoms with Gasteiger partial charge in [0.2, 0.25) is 5.91 Å². The largest absolute Gasteiger partial charge is 0.360 e. The molecular formula is C29H31Cl2N3O. The molecule has 0 spiro atoms. The molecule has 0 saturated carbocycles. The fourth-order valence-corrected chi connectivity index (χ4v) is 5.87. The number of hydrogen-bond donors (Lipinski definition) is 0. The molecule has 0 aromatic heterocycles. The topological polar surface area (TPSA) is 26.8 Å². The molecule has 35 heavy (non-hydrogen) atoms. The number of aryl methyl sites for hydroxylation is 1. The Balaban J connectivity index is 1.47. The van der Waals surface area contributed by atoms with Gasteiger partial charge in [-0.1, -0.05) is 71.7 Å². The third-order valence-corrected chi connectivity index (χ3v) is 7.77. The van der Waals surface area contributed by atoms with Gasteiger partial charge in [0.15, 0.2) is 0 Å². The van der Waals surface area contributed by atoms with E-state index in [0.29, 0.717) is 24.7 Å². The lowest BCUT2D eigenvalue weighted by atomic mass is 9.98. The van der Waals surface area contributed by atoms with E-state index in [4.69, 9.17) is 23.2 Å². The molecule has 2 heterocycles. The molecular weight excluding hydrogens is 477 g/mol. The molecule has 0 bridgehead atoms. The normalized spacial score (nSPS) is 19.7. The van der Waals surface area contributed by atoms with Crippen LogP contribution in [-0.2, 0) is 4.79 Å². The number of carbonyl (C=O) groups excluding carboxylic acids is 1. The fourth-order valence-electron chi connectivity index (χ4n) is 5.40. The minimum absolute atomic E-state index is 0.0137. The summed E-state index contributed by atoms with van der Waals surface area (Å²) in [5.74, 6) is 0.187. The van der Waals surface area contributed by atoms with Crippen molar-refractivity contribution in [2.75, 3.05) is 37.6 Å². The first-order valence-electron chi connectivity index (χ1n) is 12.4. The molecule has 5 rings (SSSR count). The SMILES string of the molecule is Cc1ccc(N2CCN(C(=O)C(c3ccccc3)N3CCCC3)CC2c2ccc(Cl)cc2)c(Cl)c1. The molecule has 2 fully saturated rings. The Morgan fingerprint density at radius 3 is 2.29 bits per heavy atom. The third-order valence-electron chi connectivity index (χ3n) is 7.21. The minimum atomic E-state index is -0.237. The van der Waals surface area contributed by atoms with Crippen molar-refractivity contribution in [2.45, 2.75) is 31.8 Å². The molecule has 2 saturated heterocycles. The number of hydrogen-bond acceptors (Lipinski definition) is 3. The lowest BCUT2D eigenvalue weighted by Gasteiger charge is -2.45. The van der Waals surface area contributed by atoms with Gasteiger partial charge in [0.25, 0.3) is 0 Å². The summed E-state index contributed by atoms with van der Waals surface area (Å²) in [6.45, 7) is 5.94. The molecule has 2 unspecified atom stereocenters. The number of anilines is 1. The number of carbonyl (C=O) groups is 1. The van der Waals surface area contributed by atoms with Gasteiger partial charge in [-0.25, -0.2) is 0 Å². The molecule has 182 valence electrons. The van der Waals surface area contributed by atoms with E-state index in [-0.39, 0.29) is 18.0 Å². The lowest BCUT2D eigenvalue weighted by molar-refractivity contribution is -0.137. The van der Waals surface area contributed by atoms with Gasteiger partial charge in [-0.05, 0) is 73.8 Å². The number of benzene rings is 3. The summed E-state index contributed by atoms with van der Waals surface area (Å²) in [4.78, 5) is 20.8. The number of likely N-dealkylation sites (tertiary alicyclic amines) is 1. The number of nitrogens with zero attached hydrogens (tertiary/aromatic N) is 3. The highest BCUT2D eigenvalue weighted by atomic mass is 35.5. The maximum absolute atomic E-state index is 14.1. The smallest absolute Gasteiger partial charge is 0.244 e. The van der Waals surface area contributed by atoms with Gasteiger partial charge < -0.3 is 9.80 Å². The monoisotopic (exact) mass is 507 g/mol. The van der Waals surface area contributed by atoms with E-state index in [9.17, 15) is 4.79 Å². The highest BCUT2D eigenvalue weighted by Gasteiger charge is 2.37. The summed E-state index contributed by atoms with van der Waals surface area (Å²) in [6.07, 6.45) is 2.29.